The lowest BCUT2D eigenvalue weighted by atomic mass is 9.84. The molecule has 0 radical (unpaired) electrons. The summed E-state index contributed by atoms with van der Waals surface area (Å²) in [5.41, 5.74) is 0.661. The first-order valence-electron chi connectivity index (χ1n) is 9.57. The highest BCUT2D eigenvalue weighted by atomic mass is 16.5. The summed E-state index contributed by atoms with van der Waals surface area (Å²) >= 11 is 0. The molecule has 4 heteroatoms. The van der Waals surface area contributed by atoms with E-state index in [-0.39, 0.29) is 11.8 Å². The summed E-state index contributed by atoms with van der Waals surface area (Å²) in [6.07, 6.45) is 4.18. The van der Waals surface area contributed by atoms with E-state index < -0.39 is 11.3 Å². The number of hydrogen-bond donors (Lipinski definition) is 0. The predicted molar refractivity (Wildman–Crippen MR) is 104 cm³/mol. The highest BCUT2D eigenvalue weighted by Gasteiger charge is 2.39. The number of ether oxygens (including phenoxy) is 1. The van der Waals surface area contributed by atoms with Gasteiger partial charge in [-0.3, -0.25) is 9.59 Å². The summed E-state index contributed by atoms with van der Waals surface area (Å²) in [5, 5.41) is 0. The molecule has 0 spiro atoms. The third-order valence-electron chi connectivity index (χ3n) is 5.32. The van der Waals surface area contributed by atoms with Crippen molar-refractivity contribution in [2.24, 2.45) is 5.41 Å². The maximum Gasteiger partial charge on any atom is 0.291 e. The topological polar surface area (TPSA) is 46.6 Å². The second-order valence-electron chi connectivity index (χ2n) is 7.63. The van der Waals surface area contributed by atoms with Gasteiger partial charge in [0.15, 0.2) is 0 Å². The van der Waals surface area contributed by atoms with Crippen molar-refractivity contribution in [3.8, 4) is 0 Å². The Bertz CT molecular complexity index is 636. The number of carbonyl (C=O) groups excluding carboxylic acids is 2. The van der Waals surface area contributed by atoms with Crippen molar-refractivity contribution in [2.75, 3.05) is 13.2 Å². The number of carbonyl (C=O) groups is 2. The standard InChI is InChI=1S/C22H31NO3/c1-5-22(3,4)20(24)21(25)23-15-9-14-19(23)17(2)26-16-10-13-18-11-7-6-8-12-18/h6-8,11-12,19H,2,5,9-10,13-16H2,1,3-4H3/t19-/m0/s1. The summed E-state index contributed by atoms with van der Waals surface area (Å²) in [5.74, 6) is -0.108. The summed E-state index contributed by atoms with van der Waals surface area (Å²) in [6, 6.07) is 10.1. The van der Waals surface area contributed by atoms with Crippen LogP contribution in [0, 0.1) is 5.41 Å². The van der Waals surface area contributed by atoms with Crippen molar-refractivity contribution < 1.29 is 14.3 Å². The molecule has 1 amide bonds. The Morgan fingerprint density at radius 1 is 1.27 bits per heavy atom. The molecule has 0 saturated carbocycles. The fourth-order valence-corrected chi connectivity index (χ4v) is 3.15. The third kappa shape index (κ3) is 4.96. The van der Waals surface area contributed by atoms with Gasteiger partial charge >= 0.3 is 0 Å². The Balaban J connectivity index is 1.85. The largest absolute Gasteiger partial charge is 0.496 e. The molecule has 142 valence electrons. The van der Waals surface area contributed by atoms with Crippen LogP contribution in [-0.4, -0.2) is 35.8 Å². The number of amides is 1. The minimum absolute atomic E-state index is 0.184. The molecule has 0 aromatic heterocycles. The maximum absolute atomic E-state index is 12.7. The SMILES string of the molecule is C=C(OCCCc1ccccc1)[C@@H]1CCCN1C(=O)C(=O)C(C)(C)CC. The molecule has 0 unspecified atom stereocenters. The van der Waals surface area contributed by atoms with E-state index >= 15 is 0 Å². The molecule has 26 heavy (non-hydrogen) atoms. The third-order valence-corrected chi connectivity index (χ3v) is 5.32. The van der Waals surface area contributed by atoms with E-state index in [0.29, 0.717) is 25.3 Å². The number of likely N-dealkylation sites (tertiary alicyclic amines) is 1. The summed E-state index contributed by atoms with van der Waals surface area (Å²) in [6.45, 7) is 10.8. The molecule has 4 nitrogen and oxygen atoms in total. The highest BCUT2D eigenvalue weighted by molar-refractivity contribution is 6.38. The van der Waals surface area contributed by atoms with Crippen LogP contribution in [0.5, 0.6) is 0 Å². The fraction of sp³-hybridized carbons (Fsp3) is 0.545. The van der Waals surface area contributed by atoms with Crippen molar-refractivity contribution >= 4 is 11.7 Å². The minimum Gasteiger partial charge on any atom is -0.496 e. The second-order valence-corrected chi connectivity index (χ2v) is 7.63. The van der Waals surface area contributed by atoms with Crippen molar-refractivity contribution in [1.82, 2.24) is 4.90 Å². The Labute approximate surface area is 157 Å². The number of nitrogens with zero attached hydrogens (tertiary/aromatic N) is 1. The molecular weight excluding hydrogens is 326 g/mol. The van der Waals surface area contributed by atoms with E-state index in [4.69, 9.17) is 4.74 Å². The first-order valence-corrected chi connectivity index (χ1v) is 9.57. The molecule has 0 N–H and O–H groups in total. The van der Waals surface area contributed by atoms with Crippen LogP contribution in [0.25, 0.3) is 0 Å². The average Bonchev–Trinajstić information content (AvgIpc) is 3.14. The molecule has 1 aliphatic rings. The lowest BCUT2D eigenvalue weighted by molar-refractivity contribution is -0.149. The molecule has 1 aromatic rings. The van der Waals surface area contributed by atoms with E-state index in [9.17, 15) is 9.59 Å². The van der Waals surface area contributed by atoms with Crippen molar-refractivity contribution in [3.05, 3.63) is 48.2 Å². The predicted octanol–water partition coefficient (Wildman–Crippen LogP) is 4.15. The normalized spacial score (nSPS) is 17.2. The monoisotopic (exact) mass is 357 g/mol. The quantitative estimate of drug-likeness (QED) is 0.379. The molecule has 0 aliphatic carbocycles. The lowest BCUT2D eigenvalue weighted by Gasteiger charge is -2.29. The van der Waals surface area contributed by atoms with Gasteiger partial charge in [-0.1, -0.05) is 57.7 Å². The van der Waals surface area contributed by atoms with Gasteiger partial charge in [0, 0.05) is 12.0 Å². The maximum atomic E-state index is 12.7. The van der Waals surface area contributed by atoms with Gasteiger partial charge in [-0.2, -0.15) is 0 Å². The van der Waals surface area contributed by atoms with Gasteiger partial charge in [0.2, 0.25) is 5.78 Å². The molecule has 1 fully saturated rings. The average molecular weight is 357 g/mol. The van der Waals surface area contributed by atoms with Crippen molar-refractivity contribution in [1.29, 1.82) is 0 Å². The number of Topliss-reactive ketones (excluding diaryl/α,β-unsaturated/α-hetero) is 1. The van der Waals surface area contributed by atoms with Crippen LogP contribution in [0.15, 0.2) is 42.7 Å². The van der Waals surface area contributed by atoms with Gasteiger partial charge in [0.05, 0.1) is 12.6 Å². The van der Waals surface area contributed by atoms with Gasteiger partial charge in [0.25, 0.3) is 5.91 Å². The molecular formula is C22H31NO3. The zero-order chi connectivity index (χ0) is 19.2. The molecule has 1 heterocycles. The van der Waals surface area contributed by atoms with Crippen molar-refractivity contribution in [3.63, 3.8) is 0 Å². The van der Waals surface area contributed by atoms with E-state index in [2.05, 4.69) is 18.7 Å². The molecule has 2 rings (SSSR count). The molecule has 1 atom stereocenters. The number of aryl methyl sites for hydroxylation is 1. The number of benzene rings is 1. The first kappa shape index (κ1) is 20.2. The van der Waals surface area contributed by atoms with Crippen molar-refractivity contribution in [2.45, 2.75) is 58.9 Å². The van der Waals surface area contributed by atoms with Gasteiger partial charge < -0.3 is 9.64 Å². The lowest BCUT2D eigenvalue weighted by Crippen LogP contribution is -2.45. The fourth-order valence-electron chi connectivity index (χ4n) is 3.15. The Morgan fingerprint density at radius 3 is 2.62 bits per heavy atom. The zero-order valence-electron chi connectivity index (χ0n) is 16.3. The Kier molecular flexibility index (Phi) is 7.01. The van der Waals surface area contributed by atoms with Gasteiger partial charge in [0.1, 0.15) is 5.76 Å². The molecule has 1 saturated heterocycles. The van der Waals surface area contributed by atoms with Crippen LogP contribution in [0.2, 0.25) is 0 Å². The van der Waals surface area contributed by atoms with Crippen LogP contribution in [-0.2, 0) is 20.7 Å². The number of hydrogen-bond acceptors (Lipinski definition) is 3. The molecule has 0 bridgehead atoms. The number of ketones is 1. The van der Waals surface area contributed by atoms with Crippen LogP contribution < -0.4 is 0 Å². The highest BCUT2D eigenvalue weighted by Crippen LogP contribution is 2.28. The van der Waals surface area contributed by atoms with Gasteiger partial charge in [-0.25, -0.2) is 0 Å². The summed E-state index contributed by atoms with van der Waals surface area (Å²) < 4.78 is 5.82. The van der Waals surface area contributed by atoms with Crippen LogP contribution in [0.3, 0.4) is 0 Å². The summed E-state index contributed by atoms with van der Waals surface area (Å²) in [4.78, 5) is 26.8. The Morgan fingerprint density at radius 2 is 1.96 bits per heavy atom. The minimum atomic E-state index is -0.623. The summed E-state index contributed by atoms with van der Waals surface area (Å²) in [7, 11) is 0. The number of rotatable bonds is 9. The molecule has 1 aromatic carbocycles. The second kappa shape index (κ2) is 9.02. The van der Waals surface area contributed by atoms with E-state index in [0.717, 1.165) is 25.7 Å². The molecule has 1 aliphatic heterocycles. The van der Waals surface area contributed by atoms with Gasteiger partial charge in [-0.05, 0) is 37.7 Å². The Hall–Kier alpha value is -2.10. The smallest absolute Gasteiger partial charge is 0.291 e. The van der Waals surface area contributed by atoms with E-state index in [1.165, 1.54) is 5.56 Å². The van der Waals surface area contributed by atoms with Crippen LogP contribution in [0.4, 0.5) is 0 Å². The first-order chi connectivity index (χ1) is 12.4. The van der Waals surface area contributed by atoms with E-state index in [1.54, 1.807) is 4.90 Å². The van der Waals surface area contributed by atoms with E-state index in [1.807, 2.05) is 39.0 Å². The zero-order valence-corrected chi connectivity index (χ0v) is 16.3. The van der Waals surface area contributed by atoms with Gasteiger partial charge in [-0.15, -0.1) is 0 Å². The van der Waals surface area contributed by atoms with Crippen LogP contribution >= 0.6 is 0 Å². The van der Waals surface area contributed by atoms with Crippen LogP contribution in [0.1, 0.15) is 52.0 Å².